The molecule has 2 atom stereocenters. The van der Waals surface area contributed by atoms with E-state index in [9.17, 15) is 9.59 Å². The lowest BCUT2D eigenvalue weighted by atomic mass is 10.1. The molecule has 1 N–H and O–H groups in total. The third kappa shape index (κ3) is 4.11. The molecule has 5 heteroatoms. The lowest BCUT2D eigenvalue weighted by molar-refractivity contribution is -0.146. The Morgan fingerprint density at radius 1 is 1.30 bits per heavy atom. The number of hydrogen-bond acceptors (Lipinski definition) is 4. The van der Waals surface area contributed by atoms with E-state index in [4.69, 9.17) is 11.2 Å². The molecule has 1 rings (SSSR count). The maximum absolute atomic E-state index is 12.2. The SMILES string of the molecule is C#CC[C@H](NC(=O)[C@H](OC)c1ccccc1)C(=O)OC. The Morgan fingerprint density at radius 2 is 1.95 bits per heavy atom. The number of carbonyl (C=O) groups is 2. The van der Waals surface area contributed by atoms with Crippen LogP contribution in [0.3, 0.4) is 0 Å². The summed E-state index contributed by atoms with van der Waals surface area (Å²) in [6.07, 6.45) is 4.43. The molecule has 0 heterocycles. The van der Waals surface area contributed by atoms with Crippen LogP contribution in [0.1, 0.15) is 18.1 Å². The van der Waals surface area contributed by atoms with Crippen molar-refractivity contribution in [2.24, 2.45) is 0 Å². The average molecular weight is 275 g/mol. The molecule has 5 nitrogen and oxygen atoms in total. The molecule has 0 saturated heterocycles. The molecular weight excluding hydrogens is 258 g/mol. The summed E-state index contributed by atoms with van der Waals surface area (Å²) in [5, 5.41) is 2.54. The standard InChI is InChI=1S/C15H17NO4/c1-4-8-12(15(18)20-3)16-14(17)13(19-2)11-9-6-5-7-10-11/h1,5-7,9-10,12-13H,8H2,2-3H3,(H,16,17)/t12-,13+/m0/s1. The number of amides is 1. The topological polar surface area (TPSA) is 64.6 Å². The quantitative estimate of drug-likeness (QED) is 0.622. The summed E-state index contributed by atoms with van der Waals surface area (Å²) < 4.78 is 9.77. The maximum atomic E-state index is 12.2. The molecule has 0 aliphatic carbocycles. The zero-order valence-electron chi connectivity index (χ0n) is 11.5. The van der Waals surface area contributed by atoms with E-state index in [2.05, 4.69) is 16.0 Å². The van der Waals surface area contributed by atoms with Crippen molar-refractivity contribution in [3.05, 3.63) is 35.9 Å². The first kappa shape index (κ1) is 15.7. The number of hydrogen-bond donors (Lipinski definition) is 1. The Labute approximate surface area is 118 Å². The summed E-state index contributed by atoms with van der Waals surface area (Å²) in [6.45, 7) is 0. The number of ether oxygens (including phenoxy) is 2. The molecule has 0 aliphatic rings. The van der Waals surface area contributed by atoms with Gasteiger partial charge in [0, 0.05) is 13.5 Å². The third-order valence-electron chi connectivity index (χ3n) is 2.70. The van der Waals surface area contributed by atoms with Crippen LogP contribution >= 0.6 is 0 Å². The molecule has 106 valence electrons. The van der Waals surface area contributed by atoms with Gasteiger partial charge >= 0.3 is 5.97 Å². The van der Waals surface area contributed by atoms with E-state index in [1.165, 1.54) is 14.2 Å². The second-order valence-corrected chi connectivity index (χ2v) is 4.02. The fourth-order valence-corrected chi connectivity index (χ4v) is 1.72. The number of esters is 1. The largest absolute Gasteiger partial charge is 0.467 e. The molecule has 1 amide bonds. The number of methoxy groups -OCH3 is 2. The Bertz CT molecular complexity index is 492. The van der Waals surface area contributed by atoms with Gasteiger partial charge in [0.2, 0.25) is 0 Å². The van der Waals surface area contributed by atoms with Crippen molar-refractivity contribution in [1.29, 1.82) is 0 Å². The molecule has 20 heavy (non-hydrogen) atoms. The molecule has 0 spiro atoms. The van der Waals surface area contributed by atoms with Gasteiger partial charge in [-0.3, -0.25) is 4.79 Å². The molecular formula is C15H17NO4. The van der Waals surface area contributed by atoms with E-state index in [0.29, 0.717) is 5.56 Å². The molecule has 0 unspecified atom stereocenters. The van der Waals surface area contributed by atoms with Crippen LogP contribution in [0.5, 0.6) is 0 Å². The van der Waals surface area contributed by atoms with Gasteiger partial charge in [0.1, 0.15) is 6.04 Å². The Morgan fingerprint density at radius 3 is 2.45 bits per heavy atom. The minimum absolute atomic E-state index is 0.0592. The van der Waals surface area contributed by atoms with Crippen molar-refractivity contribution in [1.82, 2.24) is 5.32 Å². The molecule has 0 aromatic heterocycles. The Balaban J connectivity index is 2.81. The van der Waals surface area contributed by atoms with Gasteiger partial charge in [-0.25, -0.2) is 4.79 Å². The van der Waals surface area contributed by atoms with Gasteiger partial charge in [0.15, 0.2) is 6.10 Å². The van der Waals surface area contributed by atoms with Crippen molar-refractivity contribution >= 4 is 11.9 Å². The van der Waals surface area contributed by atoms with Crippen molar-refractivity contribution < 1.29 is 19.1 Å². The van der Waals surface area contributed by atoms with E-state index in [-0.39, 0.29) is 6.42 Å². The van der Waals surface area contributed by atoms with Crippen molar-refractivity contribution in [2.45, 2.75) is 18.6 Å². The highest BCUT2D eigenvalue weighted by molar-refractivity contribution is 5.87. The highest BCUT2D eigenvalue weighted by Crippen LogP contribution is 2.16. The number of terminal acetylenes is 1. The van der Waals surface area contributed by atoms with Crippen molar-refractivity contribution in [3.8, 4) is 12.3 Å². The fraction of sp³-hybridized carbons (Fsp3) is 0.333. The lowest BCUT2D eigenvalue weighted by Gasteiger charge is -2.19. The van der Waals surface area contributed by atoms with Crippen LogP contribution in [0, 0.1) is 12.3 Å². The van der Waals surface area contributed by atoms with E-state index in [0.717, 1.165) is 0 Å². The molecule has 0 aliphatic heterocycles. The van der Waals surface area contributed by atoms with Gasteiger partial charge in [-0.05, 0) is 5.56 Å². The van der Waals surface area contributed by atoms with Crippen molar-refractivity contribution in [3.63, 3.8) is 0 Å². The summed E-state index contributed by atoms with van der Waals surface area (Å²) in [6, 6.07) is 8.09. The number of rotatable bonds is 6. The third-order valence-corrected chi connectivity index (χ3v) is 2.70. The zero-order chi connectivity index (χ0) is 15.0. The van der Waals surface area contributed by atoms with E-state index < -0.39 is 24.0 Å². The second-order valence-electron chi connectivity index (χ2n) is 4.02. The summed E-state index contributed by atoms with van der Waals surface area (Å²) >= 11 is 0. The first-order valence-electron chi connectivity index (χ1n) is 6.03. The summed E-state index contributed by atoms with van der Waals surface area (Å²) in [7, 11) is 2.66. The lowest BCUT2D eigenvalue weighted by Crippen LogP contribution is -2.43. The van der Waals surface area contributed by atoms with Gasteiger partial charge in [-0.2, -0.15) is 0 Å². The monoisotopic (exact) mass is 275 g/mol. The van der Waals surface area contributed by atoms with Gasteiger partial charge in [0.25, 0.3) is 5.91 Å². The van der Waals surface area contributed by atoms with Crippen molar-refractivity contribution in [2.75, 3.05) is 14.2 Å². The van der Waals surface area contributed by atoms with Crippen LogP contribution in [0.2, 0.25) is 0 Å². The number of benzene rings is 1. The van der Waals surface area contributed by atoms with Gasteiger partial charge in [-0.1, -0.05) is 30.3 Å². The van der Waals surface area contributed by atoms with E-state index in [1.807, 2.05) is 6.07 Å². The predicted molar refractivity (Wildman–Crippen MR) is 73.6 cm³/mol. The van der Waals surface area contributed by atoms with E-state index in [1.54, 1.807) is 24.3 Å². The first-order chi connectivity index (χ1) is 9.63. The minimum Gasteiger partial charge on any atom is -0.467 e. The summed E-state index contributed by atoms with van der Waals surface area (Å²) in [4.78, 5) is 23.7. The Kier molecular flexibility index (Phi) is 6.27. The Hall–Kier alpha value is -2.32. The molecule has 1 aromatic carbocycles. The van der Waals surface area contributed by atoms with Crippen LogP contribution in [-0.2, 0) is 19.1 Å². The van der Waals surface area contributed by atoms with Gasteiger partial charge < -0.3 is 14.8 Å². The van der Waals surface area contributed by atoms with Crippen LogP contribution < -0.4 is 5.32 Å². The highest BCUT2D eigenvalue weighted by Gasteiger charge is 2.26. The fourth-order valence-electron chi connectivity index (χ4n) is 1.72. The van der Waals surface area contributed by atoms with Crippen LogP contribution in [-0.4, -0.2) is 32.1 Å². The van der Waals surface area contributed by atoms with Crippen LogP contribution in [0.4, 0.5) is 0 Å². The molecule has 1 aromatic rings. The van der Waals surface area contributed by atoms with Gasteiger partial charge in [0.05, 0.1) is 7.11 Å². The predicted octanol–water partition coefficient (Wildman–Crippen LogP) is 1.06. The van der Waals surface area contributed by atoms with Gasteiger partial charge in [-0.15, -0.1) is 12.3 Å². The zero-order valence-corrected chi connectivity index (χ0v) is 11.5. The van der Waals surface area contributed by atoms with Crippen LogP contribution in [0.25, 0.3) is 0 Å². The number of nitrogens with one attached hydrogen (secondary N) is 1. The summed E-state index contributed by atoms with van der Waals surface area (Å²) in [5.41, 5.74) is 0.692. The normalized spacial score (nSPS) is 12.8. The first-order valence-corrected chi connectivity index (χ1v) is 6.03. The molecule has 0 saturated carbocycles. The maximum Gasteiger partial charge on any atom is 0.329 e. The van der Waals surface area contributed by atoms with Crippen LogP contribution in [0.15, 0.2) is 30.3 Å². The summed E-state index contributed by atoms with van der Waals surface area (Å²) in [5.74, 6) is 1.30. The molecule has 0 fully saturated rings. The highest BCUT2D eigenvalue weighted by atomic mass is 16.5. The molecule has 0 bridgehead atoms. The van der Waals surface area contributed by atoms with E-state index >= 15 is 0 Å². The average Bonchev–Trinajstić information content (AvgIpc) is 2.48. The molecule has 0 radical (unpaired) electrons. The smallest absolute Gasteiger partial charge is 0.329 e. The second kappa shape index (κ2) is 7.97. The minimum atomic E-state index is -0.876. The number of carbonyl (C=O) groups excluding carboxylic acids is 2.